The molecule has 6 heteroatoms. The molecule has 1 aliphatic rings. The molecule has 2 aromatic carbocycles. The number of aliphatic hydroxyl groups is 1. The summed E-state index contributed by atoms with van der Waals surface area (Å²) in [6, 6.07) is 10.0. The van der Waals surface area contributed by atoms with Crippen LogP contribution in [0, 0.1) is 11.6 Å². The molecule has 0 saturated carbocycles. The van der Waals surface area contributed by atoms with Gasteiger partial charge in [0.2, 0.25) is 0 Å². The van der Waals surface area contributed by atoms with E-state index in [1.165, 1.54) is 6.07 Å². The van der Waals surface area contributed by atoms with Crippen molar-refractivity contribution < 1.29 is 23.4 Å². The Kier molecular flexibility index (Phi) is 5.86. The van der Waals surface area contributed by atoms with Crippen molar-refractivity contribution in [1.82, 2.24) is 4.90 Å². The largest absolute Gasteiger partial charge is 0.454 e. The van der Waals surface area contributed by atoms with E-state index in [1.807, 2.05) is 0 Å². The van der Waals surface area contributed by atoms with Crippen molar-refractivity contribution in [3.63, 3.8) is 0 Å². The van der Waals surface area contributed by atoms with Crippen molar-refractivity contribution in [2.24, 2.45) is 0 Å². The molecule has 26 heavy (non-hydrogen) atoms. The van der Waals surface area contributed by atoms with Gasteiger partial charge in [-0.1, -0.05) is 12.1 Å². The molecular weight excluding hydrogens is 340 g/mol. The summed E-state index contributed by atoms with van der Waals surface area (Å²) >= 11 is 0. The lowest BCUT2D eigenvalue weighted by atomic mass is 9.92. The summed E-state index contributed by atoms with van der Waals surface area (Å²) in [6.07, 6.45) is 0.597. The molecule has 1 aliphatic heterocycles. The zero-order chi connectivity index (χ0) is 18.6. The molecule has 1 N–H and O–H groups in total. The first kappa shape index (κ1) is 18.8. The number of ether oxygens (including phenoxy) is 2. The number of rotatable bonds is 6. The SMILES string of the molecule is CC(O)(CCN1CCOCC1)c1ccc(Oc2ccc(F)cc2F)cc1. The maximum absolute atomic E-state index is 13.7. The number of benzene rings is 2. The third-order valence-corrected chi connectivity index (χ3v) is 4.62. The van der Waals surface area contributed by atoms with Crippen LogP contribution in [0.1, 0.15) is 18.9 Å². The van der Waals surface area contributed by atoms with Crippen molar-refractivity contribution in [2.75, 3.05) is 32.8 Å². The van der Waals surface area contributed by atoms with E-state index in [-0.39, 0.29) is 5.75 Å². The first-order chi connectivity index (χ1) is 12.4. The van der Waals surface area contributed by atoms with Crippen LogP contribution in [0.25, 0.3) is 0 Å². The summed E-state index contributed by atoms with van der Waals surface area (Å²) in [6.45, 7) is 5.79. The number of halogens is 2. The highest BCUT2D eigenvalue weighted by molar-refractivity contribution is 5.35. The average Bonchev–Trinajstić information content (AvgIpc) is 2.64. The van der Waals surface area contributed by atoms with Gasteiger partial charge in [-0.3, -0.25) is 4.90 Å². The summed E-state index contributed by atoms with van der Waals surface area (Å²) < 4.78 is 37.4. The van der Waals surface area contributed by atoms with Gasteiger partial charge in [-0.2, -0.15) is 0 Å². The number of hydrogen-bond acceptors (Lipinski definition) is 4. The summed E-state index contributed by atoms with van der Waals surface area (Å²) in [4.78, 5) is 2.27. The van der Waals surface area contributed by atoms with Gasteiger partial charge in [0, 0.05) is 25.7 Å². The fourth-order valence-corrected chi connectivity index (χ4v) is 2.91. The van der Waals surface area contributed by atoms with E-state index < -0.39 is 17.2 Å². The second-order valence-electron chi connectivity index (χ2n) is 6.68. The fourth-order valence-electron chi connectivity index (χ4n) is 2.91. The van der Waals surface area contributed by atoms with Gasteiger partial charge in [0.25, 0.3) is 0 Å². The number of nitrogens with zero attached hydrogens (tertiary/aromatic N) is 1. The predicted molar refractivity (Wildman–Crippen MR) is 94.3 cm³/mol. The van der Waals surface area contributed by atoms with Crippen LogP contribution >= 0.6 is 0 Å². The first-order valence-corrected chi connectivity index (χ1v) is 8.70. The zero-order valence-electron chi connectivity index (χ0n) is 14.8. The fraction of sp³-hybridized carbons (Fsp3) is 0.400. The van der Waals surface area contributed by atoms with Crippen LogP contribution in [0.4, 0.5) is 8.78 Å². The molecule has 0 aliphatic carbocycles. The first-order valence-electron chi connectivity index (χ1n) is 8.70. The maximum Gasteiger partial charge on any atom is 0.168 e. The molecule has 1 saturated heterocycles. The van der Waals surface area contributed by atoms with Crippen molar-refractivity contribution in [2.45, 2.75) is 18.9 Å². The molecule has 2 aromatic rings. The highest BCUT2D eigenvalue weighted by Crippen LogP contribution is 2.29. The van der Waals surface area contributed by atoms with E-state index in [4.69, 9.17) is 9.47 Å². The summed E-state index contributed by atoms with van der Waals surface area (Å²) in [7, 11) is 0. The van der Waals surface area contributed by atoms with Gasteiger partial charge in [0.1, 0.15) is 11.6 Å². The molecule has 4 nitrogen and oxygen atoms in total. The lowest BCUT2D eigenvalue weighted by Crippen LogP contribution is -2.39. The highest BCUT2D eigenvalue weighted by atomic mass is 19.1. The van der Waals surface area contributed by atoms with Crippen molar-refractivity contribution in [1.29, 1.82) is 0 Å². The zero-order valence-corrected chi connectivity index (χ0v) is 14.8. The van der Waals surface area contributed by atoms with Gasteiger partial charge in [-0.15, -0.1) is 0 Å². The Hall–Kier alpha value is -2.02. The molecule has 0 spiro atoms. The molecule has 1 atom stereocenters. The van der Waals surface area contributed by atoms with Gasteiger partial charge < -0.3 is 14.6 Å². The number of morpholine rings is 1. The van der Waals surface area contributed by atoms with Gasteiger partial charge in [0.15, 0.2) is 11.6 Å². The Morgan fingerprint density at radius 3 is 2.46 bits per heavy atom. The Morgan fingerprint density at radius 2 is 1.81 bits per heavy atom. The van der Waals surface area contributed by atoms with Gasteiger partial charge in [-0.25, -0.2) is 8.78 Å². The van der Waals surface area contributed by atoms with Crippen LogP contribution in [0.5, 0.6) is 11.5 Å². The second-order valence-corrected chi connectivity index (χ2v) is 6.68. The van der Waals surface area contributed by atoms with Gasteiger partial charge >= 0.3 is 0 Å². The molecule has 0 bridgehead atoms. The Morgan fingerprint density at radius 1 is 1.12 bits per heavy atom. The molecule has 1 unspecified atom stereocenters. The third kappa shape index (κ3) is 4.78. The molecule has 0 radical (unpaired) electrons. The number of hydrogen-bond donors (Lipinski definition) is 1. The van der Waals surface area contributed by atoms with E-state index in [2.05, 4.69) is 4.90 Å². The van der Waals surface area contributed by atoms with Crippen LogP contribution in [-0.2, 0) is 10.3 Å². The van der Waals surface area contributed by atoms with Crippen LogP contribution in [-0.4, -0.2) is 42.9 Å². The molecule has 140 valence electrons. The minimum absolute atomic E-state index is 0.0433. The molecular formula is C20H23F2NO3. The van der Waals surface area contributed by atoms with Crippen molar-refractivity contribution in [3.05, 3.63) is 59.7 Å². The standard InChI is InChI=1S/C20H23F2NO3/c1-20(24,8-9-23-10-12-25-13-11-23)15-2-5-17(6-3-15)26-19-7-4-16(21)14-18(19)22/h2-7,14,24H,8-13H2,1H3. The predicted octanol–water partition coefficient (Wildman–Crippen LogP) is 3.69. The molecule has 3 rings (SSSR count). The van der Waals surface area contributed by atoms with Crippen LogP contribution in [0.3, 0.4) is 0 Å². The van der Waals surface area contributed by atoms with E-state index in [9.17, 15) is 13.9 Å². The third-order valence-electron chi connectivity index (χ3n) is 4.62. The van der Waals surface area contributed by atoms with Crippen molar-refractivity contribution in [3.8, 4) is 11.5 Å². The lowest BCUT2D eigenvalue weighted by molar-refractivity contribution is 0.00548. The Balaban J connectivity index is 1.62. The highest BCUT2D eigenvalue weighted by Gasteiger charge is 2.24. The smallest absolute Gasteiger partial charge is 0.168 e. The van der Waals surface area contributed by atoms with Crippen molar-refractivity contribution >= 4 is 0 Å². The summed E-state index contributed by atoms with van der Waals surface area (Å²) in [5, 5.41) is 10.8. The monoisotopic (exact) mass is 363 g/mol. The quantitative estimate of drug-likeness (QED) is 0.850. The molecule has 0 amide bonds. The van der Waals surface area contributed by atoms with Crippen LogP contribution in [0.2, 0.25) is 0 Å². The summed E-state index contributed by atoms with van der Waals surface area (Å²) in [5.41, 5.74) is -0.212. The van der Waals surface area contributed by atoms with E-state index >= 15 is 0 Å². The van der Waals surface area contributed by atoms with Crippen LogP contribution < -0.4 is 4.74 Å². The van der Waals surface area contributed by atoms with E-state index in [0.29, 0.717) is 12.2 Å². The summed E-state index contributed by atoms with van der Waals surface area (Å²) in [5.74, 6) is -1.03. The Bertz CT molecular complexity index is 728. The topological polar surface area (TPSA) is 41.9 Å². The van der Waals surface area contributed by atoms with Gasteiger partial charge in [0.05, 0.1) is 18.8 Å². The van der Waals surface area contributed by atoms with E-state index in [1.54, 1.807) is 31.2 Å². The normalized spacial score (nSPS) is 17.7. The van der Waals surface area contributed by atoms with Crippen LogP contribution in [0.15, 0.2) is 42.5 Å². The minimum atomic E-state index is -0.974. The molecule has 0 aromatic heterocycles. The van der Waals surface area contributed by atoms with E-state index in [0.717, 1.165) is 50.5 Å². The maximum atomic E-state index is 13.7. The second kappa shape index (κ2) is 8.12. The molecule has 1 heterocycles. The lowest BCUT2D eigenvalue weighted by Gasteiger charge is -2.31. The molecule has 1 fully saturated rings. The average molecular weight is 363 g/mol. The van der Waals surface area contributed by atoms with Gasteiger partial charge in [-0.05, 0) is 43.2 Å². The minimum Gasteiger partial charge on any atom is -0.454 e. The Labute approximate surface area is 152 Å².